The molecule has 0 spiro atoms. The second-order valence-electron chi connectivity index (χ2n) is 5.14. The topological polar surface area (TPSA) is 41.5 Å². The number of hydrogen-bond donors (Lipinski definition) is 2. The number of rotatable bonds is 3. The molecule has 2 aromatic carbocycles. The zero-order valence-corrected chi connectivity index (χ0v) is 12.1. The SMILES string of the molecule is CNCC/C=C1/c2ccc(O)cc2COc2ccccc21. The Balaban J connectivity index is 2.13. The molecule has 108 valence electrons. The van der Waals surface area contributed by atoms with E-state index < -0.39 is 0 Å². The molecular weight excluding hydrogens is 262 g/mol. The van der Waals surface area contributed by atoms with E-state index in [9.17, 15) is 5.11 Å². The Morgan fingerprint density at radius 2 is 2.05 bits per heavy atom. The van der Waals surface area contributed by atoms with E-state index in [4.69, 9.17) is 4.74 Å². The molecule has 21 heavy (non-hydrogen) atoms. The molecule has 0 amide bonds. The number of para-hydroxylation sites is 1. The Kier molecular flexibility index (Phi) is 3.93. The van der Waals surface area contributed by atoms with Crippen molar-refractivity contribution < 1.29 is 9.84 Å². The van der Waals surface area contributed by atoms with Crippen molar-refractivity contribution in [3.8, 4) is 11.5 Å². The van der Waals surface area contributed by atoms with Crippen molar-refractivity contribution in [1.29, 1.82) is 0 Å². The van der Waals surface area contributed by atoms with E-state index in [0.717, 1.165) is 35.4 Å². The van der Waals surface area contributed by atoms with Gasteiger partial charge in [0.2, 0.25) is 0 Å². The quantitative estimate of drug-likeness (QED) is 0.848. The van der Waals surface area contributed by atoms with Crippen molar-refractivity contribution in [2.75, 3.05) is 13.6 Å². The number of hydrogen-bond acceptors (Lipinski definition) is 3. The minimum absolute atomic E-state index is 0.276. The molecule has 2 aromatic rings. The Morgan fingerprint density at radius 1 is 1.19 bits per heavy atom. The van der Waals surface area contributed by atoms with Crippen LogP contribution < -0.4 is 10.1 Å². The third-order valence-corrected chi connectivity index (χ3v) is 3.68. The molecule has 0 atom stereocenters. The van der Waals surface area contributed by atoms with Gasteiger partial charge in [-0.25, -0.2) is 0 Å². The summed E-state index contributed by atoms with van der Waals surface area (Å²) in [6.07, 6.45) is 3.18. The Labute approximate surface area is 124 Å². The van der Waals surface area contributed by atoms with Crippen molar-refractivity contribution in [2.24, 2.45) is 0 Å². The molecule has 0 fully saturated rings. The fourth-order valence-corrected chi connectivity index (χ4v) is 2.66. The molecule has 0 radical (unpaired) electrons. The van der Waals surface area contributed by atoms with Crippen LogP contribution in [0.3, 0.4) is 0 Å². The summed E-state index contributed by atoms with van der Waals surface area (Å²) in [6.45, 7) is 1.41. The van der Waals surface area contributed by atoms with Gasteiger partial charge < -0.3 is 15.2 Å². The lowest BCUT2D eigenvalue weighted by molar-refractivity contribution is 0.306. The highest BCUT2D eigenvalue weighted by atomic mass is 16.5. The van der Waals surface area contributed by atoms with Gasteiger partial charge in [-0.1, -0.05) is 30.3 Å². The second-order valence-corrected chi connectivity index (χ2v) is 5.14. The van der Waals surface area contributed by atoms with Gasteiger partial charge >= 0.3 is 0 Å². The lowest BCUT2D eigenvalue weighted by Crippen LogP contribution is -2.06. The van der Waals surface area contributed by atoms with Crippen molar-refractivity contribution in [2.45, 2.75) is 13.0 Å². The summed E-state index contributed by atoms with van der Waals surface area (Å²) in [7, 11) is 1.95. The minimum atomic E-state index is 0.276. The molecule has 0 aromatic heterocycles. The van der Waals surface area contributed by atoms with Gasteiger partial charge in [-0.05, 0) is 49.3 Å². The minimum Gasteiger partial charge on any atom is -0.508 e. The zero-order valence-electron chi connectivity index (χ0n) is 12.1. The molecule has 0 saturated heterocycles. The largest absolute Gasteiger partial charge is 0.508 e. The molecule has 0 unspecified atom stereocenters. The molecule has 0 aliphatic carbocycles. The van der Waals surface area contributed by atoms with Gasteiger partial charge in [-0.3, -0.25) is 0 Å². The van der Waals surface area contributed by atoms with Crippen LogP contribution in [-0.4, -0.2) is 18.7 Å². The van der Waals surface area contributed by atoms with Crippen LogP contribution in [-0.2, 0) is 6.61 Å². The summed E-state index contributed by atoms with van der Waals surface area (Å²) in [5, 5.41) is 12.9. The van der Waals surface area contributed by atoms with Crippen LogP contribution >= 0.6 is 0 Å². The van der Waals surface area contributed by atoms with Gasteiger partial charge in [-0.2, -0.15) is 0 Å². The average molecular weight is 281 g/mol. The number of aromatic hydroxyl groups is 1. The first-order valence-electron chi connectivity index (χ1n) is 7.19. The smallest absolute Gasteiger partial charge is 0.127 e. The summed E-state index contributed by atoms with van der Waals surface area (Å²) in [5.41, 5.74) is 4.43. The van der Waals surface area contributed by atoms with Crippen LogP contribution in [0.4, 0.5) is 0 Å². The van der Waals surface area contributed by atoms with Crippen molar-refractivity contribution in [1.82, 2.24) is 5.32 Å². The summed E-state index contributed by atoms with van der Waals surface area (Å²) < 4.78 is 5.90. The van der Waals surface area contributed by atoms with E-state index in [1.165, 1.54) is 5.57 Å². The molecule has 1 heterocycles. The van der Waals surface area contributed by atoms with Crippen molar-refractivity contribution in [3.63, 3.8) is 0 Å². The normalized spacial score (nSPS) is 15.0. The lowest BCUT2D eigenvalue weighted by Gasteiger charge is -2.10. The van der Waals surface area contributed by atoms with Crippen LogP contribution in [0.5, 0.6) is 11.5 Å². The van der Waals surface area contributed by atoms with Crippen molar-refractivity contribution in [3.05, 3.63) is 65.2 Å². The van der Waals surface area contributed by atoms with Crippen LogP contribution in [0, 0.1) is 0 Å². The standard InChI is InChI=1S/C18H19NO2/c1-19-10-4-6-16-15-9-8-14(20)11-13(15)12-21-18-7-3-2-5-17(16)18/h2-3,5-9,11,19-20H,4,10,12H2,1H3/b16-6-. The molecule has 3 nitrogen and oxygen atoms in total. The van der Waals surface area contributed by atoms with Crippen LogP contribution in [0.15, 0.2) is 48.5 Å². The lowest BCUT2D eigenvalue weighted by atomic mass is 9.93. The number of nitrogens with one attached hydrogen (secondary N) is 1. The number of fused-ring (bicyclic) bond motifs is 2. The first-order valence-corrected chi connectivity index (χ1v) is 7.19. The zero-order chi connectivity index (χ0) is 14.7. The van der Waals surface area contributed by atoms with Crippen LogP contribution in [0.1, 0.15) is 23.1 Å². The third kappa shape index (κ3) is 2.78. The number of phenols is 1. The maximum Gasteiger partial charge on any atom is 0.127 e. The fourth-order valence-electron chi connectivity index (χ4n) is 2.66. The number of ether oxygens (including phenoxy) is 1. The predicted molar refractivity (Wildman–Crippen MR) is 84.5 cm³/mol. The first kappa shape index (κ1) is 13.7. The van der Waals surface area contributed by atoms with E-state index >= 15 is 0 Å². The molecule has 0 saturated carbocycles. The van der Waals surface area contributed by atoms with E-state index in [2.05, 4.69) is 17.5 Å². The third-order valence-electron chi connectivity index (χ3n) is 3.68. The molecule has 1 aliphatic heterocycles. The molecule has 2 N–H and O–H groups in total. The van der Waals surface area contributed by atoms with Crippen LogP contribution in [0.2, 0.25) is 0 Å². The second kappa shape index (κ2) is 6.02. The monoisotopic (exact) mass is 281 g/mol. The Bertz CT molecular complexity index is 677. The first-order chi connectivity index (χ1) is 10.3. The molecule has 3 heteroatoms. The van der Waals surface area contributed by atoms with Gasteiger partial charge in [0.05, 0.1) is 0 Å². The maximum absolute atomic E-state index is 9.71. The van der Waals surface area contributed by atoms with Gasteiger partial charge in [-0.15, -0.1) is 0 Å². The van der Waals surface area contributed by atoms with E-state index in [-0.39, 0.29) is 5.75 Å². The molecular formula is C18H19NO2. The summed E-state index contributed by atoms with van der Waals surface area (Å²) in [4.78, 5) is 0. The fraction of sp³-hybridized carbons (Fsp3) is 0.222. The van der Waals surface area contributed by atoms with Gasteiger partial charge in [0.15, 0.2) is 0 Å². The Morgan fingerprint density at radius 3 is 2.90 bits per heavy atom. The van der Waals surface area contributed by atoms with Crippen molar-refractivity contribution >= 4 is 5.57 Å². The Hall–Kier alpha value is -2.26. The van der Waals surface area contributed by atoms with E-state index in [1.807, 2.05) is 31.3 Å². The number of benzene rings is 2. The predicted octanol–water partition coefficient (Wildman–Crippen LogP) is 3.33. The highest BCUT2D eigenvalue weighted by Gasteiger charge is 2.18. The summed E-state index contributed by atoms with van der Waals surface area (Å²) in [6, 6.07) is 13.6. The van der Waals surface area contributed by atoms with Gasteiger partial charge in [0.25, 0.3) is 0 Å². The number of phenolic OH excluding ortho intramolecular Hbond substituents is 1. The highest BCUT2D eigenvalue weighted by molar-refractivity contribution is 5.85. The summed E-state index contributed by atoms with van der Waals surface area (Å²) in [5.74, 6) is 1.17. The molecule has 0 bridgehead atoms. The van der Waals surface area contributed by atoms with Gasteiger partial charge in [0.1, 0.15) is 18.1 Å². The van der Waals surface area contributed by atoms with Gasteiger partial charge in [0, 0.05) is 11.1 Å². The maximum atomic E-state index is 9.71. The highest BCUT2D eigenvalue weighted by Crippen LogP contribution is 2.37. The van der Waals surface area contributed by atoms with E-state index in [0.29, 0.717) is 6.61 Å². The van der Waals surface area contributed by atoms with Crippen LogP contribution in [0.25, 0.3) is 5.57 Å². The van der Waals surface area contributed by atoms with E-state index in [1.54, 1.807) is 12.1 Å². The molecule has 3 rings (SSSR count). The summed E-state index contributed by atoms with van der Waals surface area (Å²) >= 11 is 0. The average Bonchev–Trinajstić information content (AvgIpc) is 2.65. The molecule has 1 aliphatic rings.